The van der Waals surface area contributed by atoms with Crippen molar-refractivity contribution in [1.82, 2.24) is 8.61 Å². The van der Waals surface area contributed by atoms with Gasteiger partial charge in [-0.15, -0.1) is 0 Å². The van der Waals surface area contributed by atoms with Gasteiger partial charge in [-0.25, -0.2) is 0 Å². The predicted octanol–water partition coefficient (Wildman–Crippen LogP) is 2.00. The molecule has 1 fully saturated rings. The molecule has 5 nitrogen and oxygen atoms in total. The van der Waals surface area contributed by atoms with E-state index in [4.69, 9.17) is 4.42 Å². The fourth-order valence-corrected chi connectivity index (χ4v) is 3.64. The molecule has 2 rings (SSSR count). The highest BCUT2D eigenvalue weighted by Crippen LogP contribution is 2.21. The number of hydrogen-bond acceptors (Lipinski definition) is 3. The summed E-state index contributed by atoms with van der Waals surface area (Å²) < 4.78 is 33.2. The highest BCUT2D eigenvalue weighted by molar-refractivity contribution is 7.86. The van der Waals surface area contributed by atoms with Crippen LogP contribution in [0.1, 0.15) is 31.3 Å². The maximum Gasteiger partial charge on any atom is 0.282 e. The van der Waals surface area contributed by atoms with Crippen LogP contribution in [0.15, 0.2) is 16.5 Å². The van der Waals surface area contributed by atoms with Crippen molar-refractivity contribution in [3.8, 4) is 0 Å². The van der Waals surface area contributed by atoms with Crippen LogP contribution in [0, 0.1) is 12.8 Å². The van der Waals surface area contributed by atoms with E-state index in [0.29, 0.717) is 24.8 Å². The first kappa shape index (κ1) is 14.6. The second kappa shape index (κ2) is 5.64. The highest BCUT2D eigenvalue weighted by atomic mass is 32.2. The summed E-state index contributed by atoms with van der Waals surface area (Å²) in [4.78, 5) is 0. The summed E-state index contributed by atoms with van der Waals surface area (Å²) in [5.74, 6) is 2.09. The number of furan rings is 1. The average Bonchev–Trinajstić information content (AvgIpc) is 2.75. The van der Waals surface area contributed by atoms with Gasteiger partial charge in [-0.1, -0.05) is 6.92 Å². The van der Waals surface area contributed by atoms with Crippen molar-refractivity contribution < 1.29 is 12.8 Å². The Kier molecular flexibility index (Phi) is 4.32. The Hall–Kier alpha value is -0.850. The Morgan fingerprint density at radius 1 is 1.37 bits per heavy atom. The Balaban J connectivity index is 2.02. The number of piperidine rings is 1. The van der Waals surface area contributed by atoms with Gasteiger partial charge in [0.15, 0.2) is 0 Å². The third-order valence-corrected chi connectivity index (χ3v) is 5.57. The van der Waals surface area contributed by atoms with E-state index in [2.05, 4.69) is 6.92 Å². The van der Waals surface area contributed by atoms with Gasteiger partial charge in [-0.3, -0.25) is 0 Å². The van der Waals surface area contributed by atoms with Crippen molar-refractivity contribution in [3.63, 3.8) is 0 Å². The topological polar surface area (TPSA) is 53.8 Å². The molecule has 0 amide bonds. The number of hydrogen-bond donors (Lipinski definition) is 0. The van der Waals surface area contributed by atoms with Crippen LogP contribution in [0.2, 0.25) is 0 Å². The van der Waals surface area contributed by atoms with Crippen LogP contribution in [-0.4, -0.2) is 37.2 Å². The summed E-state index contributed by atoms with van der Waals surface area (Å²) >= 11 is 0. The van der Waals surface area contributed by atoms with E-state index in [-0.39, 0.29) is 6.54 Å². The van der Waals surface area contributed by atoms with Crippen LogP contribution in [0.3, 0.4) is 0 Å². The first-order chi connectivity index (χ1) is 8.89. The minimum absolute atomic E-state index is 0.280. The first-order valence-electron chi connectivity index (χ1n) is 6.66. The van der Waals surface area contributed by atoms with E-state index in [0.717, 1.165) is 18.6 Å². The van der Waals surface area contributed by atoms with Crippen molar-refractivity contribution in [1.29, 1.82) is 0 Å². The maximum absolute atomic E-state index is 12.4. The van der Waals surface area contributed by atoms with Crippen LogP contribution in [0.4, 0.5) is 0 Å². The van der Waals surface area contributed by atoms with Gasteiger partial charge in [-0.2, -0.15) is 17.0 Å². The molecule has 0 bridgehead atoms. The summed E-state index contributed by atoms with van der Waals surface area (Å²) in [5.41, 5.74) is 0. The monoisotopic (exact) mass is 286 g/mol. The molecule has 0 saturated carbocycles. The van der Waals surface area contributed by atoms with Crippen LogP contribution >= 0.6 is 0 Å². The van der Waals surface area contributed by atoms with Gasteiger partial charge in [0, 0.05) is 20.1 Å². The summed E-state index contributed by atoms with van der Waals surface area (Å²) in [6.07, 6.45) is 1.87. The van der Waals surface area contributed by atoms with Crippen molar-refractivity contribution in [2.24, 2.45) is 5.92 Å². The molecule has 0 aromatic carbocycles. The molecule has 1 aromatic rings. The lowest BCUT2D eigenvalue weighted by Gasteiger charge is -2.32. The molecule has 0 unspecified atom stereocenters. The van der Waals surface area contributed by atoms with E-state index < -0.39 is 10.2 Å². The number of rotatable bonds is 4. The fourth-order valence-electron chi connectivity index (χ4n) is 2.28. The molecule has 108 valence electrons. The molecule has 0 radical (unpaired) electrons. The van der Waals surface area contributed by atoms with Crippen molar-refractivity contribution in [2.45, 2.75) is 33.2 Å². The SMILES string of the molecule is Cc1ccc(CN(C)S(=O)(=O)N2CCC(C)CC2)o1. The maximum atomic E-state index is 12.4. The Bertz CT molecular complexity index is 516. The van der Waals surface area contributed by atoms with Gasteiger partial charge in [0.05, 0.1) is 6.54 Å². The normalized spacial score (nSPS) is 19.2. The van der Waals surface area contributed by atoms with E-state index in [1.165, 1.54) is 4.31 Å². The molecule has 1 aromatic heterocycles. The molecule has 6 heteroatoms. The quantitative estimate of drug-likeness (QED) is 0.850. The van der Waals surface area contributed by atoms with Crippen molar-refractivity contribution in [3.05, 3.63) is 23.7 Å². The van der Waals surface area contributed by atoms with Gasteiger partial charge in [0.1, 0.15) is 11.5 Å². The van der Waals surface area contributed by atoms with Gasteiger partial charge >= 0.3 is 0 Å². The minimum atomic E-state index is -3.37. The third-order valence-electron chi connectivity index (χ3n) is 3.64. The summed E-state index contributed by atoms with van der Waals surface area (Å²) in [6, 6.07) is 3.66. The zero-order valence-corrected chi connectivity index (χ0v) is 12.6. The first-order valence-corrected chi connectivity index (χ1v) is 8.06. The lowest BCUT2D eigenvalue weighted by molar-refractivity contribution is 0.266. The van der Waals surface area contributed by atoms with Gasteiger partial charge in [0.2, 0.25) is 0 Å². The zero-order chi connectivity index (χ0) is 14.0. The Morgan fingerprint density at radius 2 is 2.00 bits per heavy atom. The standard InChI is InChI=1S/C13H22N2O3S/c1-11-6-8-15(9-7-11)19(16,17)14(3)10-13-5-4-12(2)18-13/h4-5,11H,6-10H2,1-3H3. The lowest BCUT2D eigenvalue weighted by Crippen LogP contribution is -2.45. The zero-order valence-electron chi connectivity index (χ0n) is 11.8. The number of nitrogens with zero attached hydrogens (tertiary/aromatic N) is 2. The van der Waals surface area contributed by atoms with Gasteiger partial charge in [0.25, 0.3) is 10.2 Å². The number of aryl methyl sites for hydroxylation is 1. The molecule has 1 saturated heterocycles. The van der Waals surface area contributed by atoms with E-state index in [1.807, 2.05) is 19.1 Å². The summed E-state index contributed by atoms with van der Waals surface area (Å²) in [7, 11) is -1.77. The van der Waals surface area contributed by atoms with E-state index >= 15 is 0 Å². The minimum Gasteiger partial charge on any atom is -0.465 e. The van der Waals surface area contributed by atoms with E-state index in [1.54, 1.807) is 11.4 Å². The molecule has 1 aliphatic rings. The molecule has 0 spiro atoms. The summed E-state index contributed by atoms with van der Waals surface area (Å²) in [6.45, 7) is 5.53. The van der Waals surface area contributed by atoms with Crippen LogP contribution in [0.5, 0.6) is 0 Å². The molecule has 1 aliphatic heterocycles. The molecular formula is C13H22N2O3S. The van der Waals surface area contributed by atoms with Gasteiger partial charge in [-0.05, 0) is 37.8 Å². The molecule has 0 aliphatic carbocycles. The third kappa shape index (κ3) is 3.38. The van der Waals surface area contributed by atoms with Crippen molar-refractivity contribution >= 4 is 10.2 Å². The fraction of sp³-hybridized carbons (Fsp3) is 0.692. The second-order valence-corrected chi connectivity index (χ2v) is 7.39. The molecular weight excluding hydrogens is 264 g/mol. The van der Waals surface area contributed by atoms with Gasteiger partial charge < -0.3 is 4.42 Å². The summed E-state index contributed by atoms with van der Waals surface area (Å²) in [5, 5.41) is 0. The Labute approximate surface area is 115 Å². The average molecular weight is 286 g/mol. The van der Waals surface area contributed by atoms with Crippen molar-refractivity contribution in [2.75, 3.05) is 20.1 Å². The predicted molar refractivity (Wildman–Crippen MR) is 73.8 cm³/mol. The van der Waals surface area contributed by atoms with E-state index in [9.17, 15) is 8.42 Å². The molecule has 2 heterocycles. The molecule has 0 N–H and O–H groups in total. The highest BCUT2D eigenvalue weighted by Gasteiger charge is 2.30. The second-order valence-electron chi connectivity index (χ2n) is 5.36. The molecule has 19 heavy (non-hydrogen) atoms. The lowest BCUT2D eigenvalue weighted by atomic mass is 10.0. The Morgan fingerprint density at radius 3 is 2.53 bits per heavy atom. The van der Waals surface area contributed by atoms with Crippen LogP contribution < -0.4 is 0 Å². The van der Waals surface area contributed by atoms with Crippen LogP contribution in [0.25, 0.3) is 0 Å². The smallest absolute Gasteiger partial charge is 0.282 e. The van der Waals surface area contributed by atoms with Crippen LogP contribution in [-0.2, 0) is 16.8 Å². The largest absolute Gasteiger partial charge is 0.465 e. The molecule has 0 atom stereocenters.